The minimum Gasteiger partial charge on any atom is -0.378 e. The highest BCUT2D eigenvalue weighted by Crippen LogP contribution is 2.49. The van der Waals surface area contributed by atoms with Gasteiger partial charge in [0.1, 0.15) is 5.54 Å². The van der Waals surface area contributed by atoms with Crippen LogP contribution >= 0.6 is 24.8 Å². The number of carbonyl (C=O) groups excluding carboxylic acids is 1. The van der Waals surface area contributed by atoms with Crippen LogP contribution < -0.4 is 11.1 Å². The Morgan fingerprint density at radius 2 is 1.87 bits per heavy atom. The maximum absolute atomic E-state index is 12.5. The number of piperidine rings is 1. The fourth-order valence-corrected chi connectivity index (χ4v) is 3.48. The molecule has 2 rings (SSSR count). The normalized spacial score (nSPS) is 30.6. The molecule has 0 aromatic carbocycles. The standard InChI is InChI=1S/C16H31N3O2.2ClH/c1-5-21-13-10-16(17,15(13,2)3)14(20)18-11-12-6-8-19(4)9-7-12;;/h12-13H,5-11,17H2,1-4H3,(H,18,20);2*1H. The van der Waals surface area contributed by atoms with Crippen molar-refractivity contribution in [3.63, 3.8) is 0 Å². The van der Waals surface area contributed by atoms with Crippen LogP contribution in [0.2, 0.25) is 0 Å². The van der Waals surface area contributed by atoms with Crippen LogP contribution in [0.1, 0.15) is 40.0 Å². The second kappa shape index (κ2) is 8.86. The maximum Gasteiger partial charge on any atom is 0.240 e. The first-order chi connectivity index (χ1) is 9.81. The third-order valence-corrected chi connectivity index (χ3v) is 5.62. The summed E-state index contributed by atoms with van der Waals surface area (Å²) in [5.41, 5.74) is 5.28. The number of nitrogens with zero attached hydrogens (tertiary/aromatic N) is 1. The van der Waals surface area contributed by atoms with Crippen LogP contribution in [0.3, 0.4) is 0 Å². The molecule has 2 unspecified atom stereocenters. The first kappa shape index (κ1) is 22.9. The Hall–Kier alpha value is -0.0700. The van der Waals surface area contributed by atoms with Crippen molar-refractivity contribution >= 4 is 30.7 Å². The van der Waals surface area contributed by atoms with Gasteiger partial charge in [-0.15, -0.1) is 24.8 Å². The van der Waals surface area contributed by atoms with Crippen LogP contribution in [0.5, 0.6) is 0 Å². The summed E-state index contributed by atoms with van der Waals surface area (Å²) in [6, 6.07) is 0. The van der Waals surface area contributed by atoms with Gasteiger partial charge >= 0.3 is 0 Å². The minimum atomic E-state index is -0.793. The van der Waals surface area contributed by atoms with E-state index in [1.807, 2.05) is 20.8 Å². The molecule has 0 spiro atoms. The average molecular weight is 370 g/mol. The van der Waals surface area contributed by atoms with Crippen LogP contribution in [0, 0.1) is 11.3 Å². The number of rotatable bonds is 5. The van der Waals surface area contributed by atoms with E-state index in [2.05, 4.69) is 17.3 Å². The predicted octanol–water partition coefficient (Wildman–Crippen LogP) is 1.82. The quantitative estimate of drug-likeness (QED) is 0.775. The lowest BCUT2D eigenvalue weighted by atomic mass is 9.54. The van der Waals surface area contributed by atoms with Gasteiger partial charge in [0.15, 0.2) is 0 Å². The van der Waals surface area contributed by atoms with Gasteiger partial charge in [-0.2, -0.15) is 0 Å². The van der Waals surface area contributed by atoms with Gasteiger partial charge in [0.05, 0.1) is 6.10 Å². The Morgan fingerprint density at radius 1 is 1.30 bits per heavy atom. The summed E-state index contributed by atoms with van der Waals surface area (Å²) in [5, 5.41) is 3.09. The second-order valence-electron chi connectivity index (χ2n) is 7.30. The third kappa shape index (κ3) is 4.51. The Kier molecular flexibility index (Phi) is 8.83. The van der Waals surface area contributed by atoms with Crippen molar-refractivity contribution in [2.24, 2.45) is 17.1 Å². The zero-order valence-electron chi connectivity index (χ0n) is 14.8. The summed E-state index contributed by atoms with van der Waals surface area (Å²) < 4.78 is 5.68. The van der Waals surface area contributed by atoms with Crippen LogP contribution in [-0.2, 0) is 9.53 Å². The van der Waals surface area contributed by atoms with Gasteiger partial charge in [0, 0.05) is 25.0 Å². The van der Waals surface area contributed by atoms with Crippen LogP contribution in [-0.4, -0.2) is 55.7 Å². The Labute approximate surface area is 152 Å². The fourth-order valence-electron chi connectivity index (χ4n) is 3.48. The van der Waals surface area contributed by atoms with Gasteiger partial charge in [-0.05, 0) is 45.8 Å². The molecule has 1 aliphatic heterocycles. The summed E-state index contributed by atoms with van der Waals surface area (Å²) >= 11 is 0. The van der Waals surface area contributed by atoms with Gasteiger partial charge in [0.25, 0.3) is 0 Å². The molecule has 0 bridgehead atoms. The molecule has 3 N–H and O–H groups in total. The van der Waals surface area contributed by atoms with Gasteiger partial charge in [0.2, 0.25) is 5.91 Å². The van der Waals surface area contributed by atoms with Crippen molar-refractivity contribution in [2.75, 3.05) is 33.3 Å². The van der Waals surface area contributed by atoms with Gasteiger partial charge in [-0.1, -0.05) is 13.8 Å². The Morgan fingerprint density at radius 3 is 2.35 bits per heavy atom. The maximum atomic E-state index is 12.5. The topological polar surface area (TPSA) is 67.6 Å². The summed E-state index contributed by atoms with van der Waals surface area (Å²) in [4.78, 5) is 14.9. The number of ether oxygens (including phenoxy) is 1. The van der Waals surface area contributed by atoms with Gasteiger partial charge in [-0.3, -0.25) is 4.79 Å². The highest BCUT2D eigenvalue weighted by atomic mass is 35.5. The van der Waals surface area contributed by atoms with E-state index in [9.17, 15) is 4.79 Å². The second-order valence-corrected chi connectivity index (χ2v) is 7.30. The molecular formula is C16H33Cl2N3O2. The number of carbonyl (C=O) groups is 1. The number of halogens is 2. The van der Waals surface area contributed by atoms with Crippen molar-refractivity contribution < 1.29 is 9.53 Å². The van der Waals surface area contributed by atoms with Crippen molar-refractivity contribution in [3.8, 4) is 0 Å². The molecule has 7 heteroatoms. The number of hydrogen-bond acceptors (Lipinski definition) is 4. The average Bonchev–Trinajstić information content (AvgIpc) is 2.45. The van der Waals surface area contributed by atoms with E-state index in [0.717, 1.165) is 32.5 Å². The smallest absolute Gasteiger partial charge is 0.240 e. The number of amides is 1. The molecule has 1 amide bonds. The number of nitrogens with two attached hydrogens (primary N) is 1. The van der Waals surface area contributed by atoms with Gasteiger partial charge < -0.3 is 20.7 Å². The lowest BCUT2D eigenvalue weighted by molar-refractivity contribution is -0.170. The first-order valence-corrected chi connectivity index (χ1v) is 8.18. The molecule has 1 saturated carbocycles. The number of hydrogen-bond donors (Lipinski definition) is 2. The highest BCUT2D eigenvalue weighted by molar-refractivity contribution is 5.88. The molecular weight excluding hydrogens is 337 g/mol. The third-order valence-electron chi connectivity index (χ3n) is 5.62. The van der Waals surface area contributed by atoms with E-state index >= 15 is 0 Å². The monoisotopic (exact) mass is 369 g/mol. The van der Waals surface area contributed by atoms with Crippen LogP contribution in [0.15, 0.2) is 0 Å². The molecule has 1 heterocycles. The fraction of sp³-hybridized carbons (Fsp3) is 0.938. The van der Waals surface area contributed by atoms with Crippen LogP contribution in [0.4, 0.5) is 0 Å². The Bertz CT molecular complexity index is 388. The number of likely N-dealkylation sites (tertiary alicyclic amines) is 1. The molecule has 23 heavy (non-hydrogen) atoms. The van der Waals surface area contributed by atoms with E-state index in [1.54, 1.807) is 0 Å². The van der Waals surface area contributed by atoms with E-state index in [4.69, 9.17) is 10.5 Å². The summed E-state index contributed by atoms with van der Waals surface area (Å²) in [7, 11) is 2.15. The summed E-state index contributed by atoms with van der Waals surface area (Å²) in [6.07, 6.45) is 3.01. The Balaban J connectivity index is 0.00000242. The van der Waals surface area contributed by atoms with Crippen molar-refractivity contribution in [1.29, 1.82) is 0 Å². The molecule has 0 radical (unpaired) electrons. The molecule has 1 aliphatic carbocycles. The molecule has 5 nitrogen and oxygen atoms in total. The molecule has 0 aromatic rings. The lowest BCUT2D eigenvalue weighted by Crippen LogP contribution is -2.75. The molecule has 2 aliphatic rings. The van der Waals surface area contributed by atoms with Crippen molar-refractivity contribution in [1.82, 2.24) is 10.2 Å². The highest BCUT2D eigenvalue weighted by Gasteiger charge is 2.62. The zero-order chi connectivity index (χ0) is 15.7. The molecule has 138 valence electrons. The minimum absolute atomic E-state index is 0. The van der Waals surface area contributed by atoms with Crippen molar-refractivity contribution in [2.45, 2.75) is 51.7 Å². The largest absolute Gasteiger partial charge is 0.378 e. The predicted molar refractivity (Wildman–Crippen MR) is 98.5 cm³/mol. The molecule has 2 fully saturated rings. The van der Waals surface area contributed by atoms with Crippen molar-refractivity contribution in [3.05, 3.63) is 0 Å². The van der Waals surface area contributed by atoms with Crippen LogP contribution in [0.25, 0.3) is 0 Å². The lowest BCUT2D eigenvalue weighted by Gasteiger charge is -2.57. The van der Waals surface area contributed by atoms with E-state index in [-0.39, 0.29) is 42.2 Å². The van der Waals surface area contributed by atoms with E-state index < -0.39 is 5.54 Å². The number of nitrogens with one attached hydrogen (secondary N) is 1. The van der Waals surface area contributed by atoms with E-state index in [1.165, 1.54) is 0 Å². The SMILES string of the molecule is CCOC1CC(N)(C(=O)NCC2CCN(C)CC2)C1(C)C.Cl.Cl. The van der Waals surface area contributed by atoms with Gasteiger partial charge in [-0.25, -0.2) is 0 Å². The zero-order valence-corrected chi connectivity index (χ0v) is 16.4. The molecule has 1 saturated heterocycles. The summed E-state index contributed by atoms with van der Waals surface area (Å²) in [6.45, 7) is 9.70. The molecule has 2 atom stereocenters. The molecule has 0 aromatic heterocycles. The van der Waals surface area contributed by atoms with E-state index in [0.29, 0.717) is 18.9 Å². The summed E-state index contributed by atoms with van der Waals surface area (Å²) in [5.74, 6) is 0.571. The first-order valence-electron chi connectivity index (χ1n) is 8.18.